The number of benzene rings is 2. The molecule has 6 aromatic rings. The van der Waals surface area contributed by atoms with Crippen molar-refractivity contribution < 1.29 is 108 Å². The van der Waals surface area contributed by atoms with Crippen molar-refractivity contribution in [3.63, 3.8) is 0 Å². The van der Waals surface area contributed by atoms with Crippen LogP contribution in [-0.4, -0.2) is 256 Å². The van der Waals surface area contributed by atoms with E-state index in [1.54, 1.807) is 48.6 Å². The van der Waals surface area contributed by atoms with Gasteiger partial charge in [-0.05, 0) is 176 Å². The Kier molecular flexibility index (Phi) is 32.7. The number of piperazine rings is 1. The van der Waals surface area contributed by atoms with E-state index in [0.29, 0.717) is 154 Å². The predicted octanol–water partition coefficient (Wildman–Crippen LogP) is 17.9. The normalized spacial score (nSPS) is 26.1. The molecule has 4 aliphatic heterocycles. The van der Waals surface area contributed by atoms with Crippen LogP contribution in [0.4, 0.5) is 36.6 Å². The predicted molar refractivity (Wildman–Crippen MR) is 512 cm³/mol. The van der Waals surface area contributed by atoms with Gasteiger partial charge in [-0.15, -0.1) is 35.8 Å². The lowest BCUT2D eigenvalue weighted by Crippen LogP contribution is -2.49. The van der Waals surface area contributed by atoms with E-state index in [2.05, 4.69) is 23.8 Å². The number of Topliss-reactive ketones (excluding diaryl/α,β-unsaturated/α-hetero) is 2. The van der Waals surface area contributed by atoms with Crippen molar-refractivity contribution in [2.45, 2.75) is 239 Å². The SMILES string of the molecule is C=C[C@@H]1CC1(CC(=O)[C@@H]1C[C@@H](Oc2cc(-c3csc(NC(C)C)n3)nc3c(Cl)c(OCC=O)ccc23)CN1C(=O)[C@@H](CC(=O)OC1C[C@@H]2C[C@@H]2C1)C(C)(C)C)C(=O)O.C=C[C@@H]1CC1(CC(=O)[C@@H]1C[C@@H](Oc2cc(-c3csc(NC(C)C)n3)nc3c(Cl)c(OCCN4CCN(CC(F)(F)F)CC4)ccc23)CN1C(=O)[C@@H](CC(=O)OC1C[C@@H]2C[C@@H]2C1)C(C)(C)C)C(=O)OC.FC(F)(F)CN1CCCCC1. The number of carbonyl (C=O) groups excluding carboxylic acids is 8. The summed E-state index contributed by atoms with van der Waals surface area (Å²) in [4.78, 5) is 150. The molecule has 16 rings (SSSR count). The number of ketones is 2. The Morgan fingerprint density at radius 1 is 0.543 bits per heavy atom. The zero-order chi connectivity index (χ0) is 99.6. The van der Waals surface area contributed by atoms with Crippen molar-refractivity contribution in [2.24, 2.45) is 69.0 Å². The number of carboxylic acids is 1. The number of pyridine rings is 2. The number of halogens is 8. The third-order valence-corrected chi connectivity index (χ3v) is 30.7. The number of carbonyl (C=O) groups is 9. The number of nitrogens with zero attached hydrogens (tertiary/aromatic N) is 9. The molecule has 28 nitrogen and oxygen atoms in total. The second-order valence-corrected chi connectivity index (χ2v) is 44.1. The average Bonchev–Trinajstić information content (AvgIpc) is 1.57. The number of piperidine rings is 1. The number of methoxy groups -OCH3 is 1. The van der Waals surface area contributed by atoms with Crippen molar-refractivity contribution in [3.05, 3.63) is 82.5 Å². The maximum atomic E-state index is 15.0. The summed E-state index contributed by atoms with van der Waals surface area (Å²) in [5.41, 5.74) is -1.02. The second kappa shape index (κ2) is 43.2. The van der Waals surface area contributed by atoms with Gasteiger partial charge in [0.1, 0.15) is 82.1 Å². The number of carboxylic acid groups (broad SMARTS) is 1. The molecule has 38 heteroatoms. The smallest absolute Gasteiger partial charge is 0.401 e. The minimum absolute atomic E-state index is 0.000377. The quantitative estimate of drug-likeness (QED) is 0.0107. The molecule has 0 radical (unpaired) electrons. The van der Waals surface area contributed by atoms with E-state index < -0.39 is 113 Å². The summed E-state index contributed by atoms with van der Waals surface area (Å²) in [5.74, 6) is -2.38. The van der Waals surface area contributed by atoms with E-state index in [4.69, 9.17) is 76.3 Å². The third-order valence-electron chi connectivity index (χ3n) is 28.4. The van der Waals surface area contributed by atoms with Gasteiger partial charge >= 0.3 is 36.2 Å². The molecule has 0 bridgehead atoms. The largest absolute Gasteiger partial charge is 0.491 e. The minimum Gasteiger partial charge on any atom is -0.491 e. The fourth-order valence-corrected chi connectivity index (χ4v) is 22.8. The van der Waals surface area contributed by atoms with Gasteiger partial charge in [-0.3, -0.25) is 57.9 Å². The van der Waals surface area contributed by atoms with Gasteiger partial charge in [-0.1, -0.05) is 83.3 Å². The molecule has 8 heterocycles. The van der Waals surface area contributed by atoms with E-state index >= 15 is 0 Å². The van der Waals surface area contributed by atoms with E-state index in [1.165, 1.54) is 62.2 Å². The van der Waals surface area contributed by atoms with Crippen molar-refractivity contribution >= 4 is 131 Å². The number of rotatable bonds is 37. The van der Waals surface area contributed by atoms with Crippen LogP contribution in [0, 0.1) is 69.0 Å². The van der Waals surface area contributed by atoms with Gasteiger partial charge in [-0.2, -0.15) is 26.3 Å². The highest BCUT2D eigenvalue weighted by atomic mass is 35.5. The summed E-state index contributed by atoms with van der Waals surface area (Å²) >= 11 is 16.8. The maximum Gasteiger partial charge on any atom is 0.401 e. The van der Waals surface area contributed by atoms with E-state index in [-0.39, 0.29) is 141 Å². The molecule has 0 spiro atoms. The van der Waals surface area contributed by atoms with Crippen LogP contribution < -0.4 is 29.6 Å². The summed E-state index contributed by atoms with van der Waals surface area (Å²) in [6.45, 7) is 28.6. The Hall–Kier alpha value is -9.33. The van der Waals surface area contributed by atoms with Crippen LogP contribution in [0.25, 0.3) is 44.6 Å². The molecule has 10 fully saturated rings. The Morgan fingerprint density at radius 3 is 1.35 bits per heavy atom. The van der Waals surface area contributed by atoms with Crippen molar-refractivity contribution in [1.82, 2.24) is 44.4 Å². The molecule has 4 aromatic heterocycles. The molecule has 6 saturated carbocycles. The summed E-state index contributed by atoms with van der Waals surface area (Å²) in [7, 11) is 1.29. The van der Waals surface area contributed by atoms with Gasteiger partial charge in [0.2, 0.25) is 11.8 Å². The highest BCUT2D eigenvalue weighted by molar-refractivity contribution is 7.14. The molecule has 6 aliphatic carbocycles. The highest BCUT2D eigenvalue weighted by Gasteiger charge is 2.63. The number of allylic oxidation sites excluding steroid dienone is 2. The number of hydrogen-bond donors (Lipinski definition) is 3. The second-order valence-electron chi connectivity index (χ2n) is 41.6. The number of aldehydes is 1. The molecule has 138 heavy (non-hydrogen) atoms. The zero-order valence-electron chi connectivity index (χ0n) is 80.1. The van der Waals surface area contributed by atoms with Crippen LogP contribution in [0.1, 0.15) is 178 Å². The van der Waals surface area contributed by atoms with Crippen molar-refractivity contribution in [2.75, 3.05) is 103 Å². The molecule has 4 saturated heterocycles. The van der Waals surface area contributed by atoms with Crippen LogP contribution in [0.15, 0.2) is 72.5 Å². The molecule has 16 atom stereocenters. The number of esters is 3. The number of aromatic nitrogens is 4. The molecule has 10 aliphatic rings. The maximum absolute atomic E-state index is 15.0. The number of aliphatic carboxylic acids is 1. The highest BCUT2D eigenvalue weighted by Crippen LogP contribution is 2.60. The Labute approximate surface area is 818 Å². The van der Waals surface area contributed by atoms with Crippen molar-refractivity contribution in [1.29, 1.82) is 0 Å². The number of nitrogens with one attached hydrogen (secondary N) is 2. The lowest BCUT2D eigenvalue weighted by atomic mass is 9.77. The molecule has 2 aromatic carbocycles. The topological polar surface area (TPSA) is 330 Å². The number of anilines is 2. The van der Waals surface area contributed by atoms with Gasteiger partial charge in [0.05, 0.1) is 103 Å². The first-order valence-electron chi connectivity index (χ1n) is 47.9. The number of ether oxygens (including phenoxy) is 7. The first-order valence-corrected chi connectivity index (χ1v) is 50.4. The fraction of sp³-hybridized carbons (Fsp3) is 0.630. The standard InChI is InChI=1S/C50H64ClF3N6O8S.C43H51ClN4O9S.C7H12F3N/c1-8-31-23-49(31,46(64)65-7)24-39(61)38-20-33(25-60(38)45(63)35(48(4,5)6)21-42(62)68-32-18-29-17-30(29)19-32)67-41-22-36(37-26-69-47(57-37)55-28(2)3)56-44-34(41)9-10-40(43(44)51)66-16-15-58-11-13-59(14-12-58)27-50(52,53)54;1-7-25-18-43(25,40(53)54)19-33(50)32-15-27(20-48(32)39(52)29(42(4,5)6)16-36(51)57-26-13-23-12-24(23)14-26)56-35-17-30(31-21-58-41(47-31)45-22(2)3)46-38-28(35)8-9-34(37(38)44)55-11-10-49;8-7(9,10)6-11-4-2-1-3-5-11/h8-10,22,26,28-33,35,38H,1,11-21,23-25,27H2,2-7H3,(H,55,57);7-10,17,21-27,29,32H,1,11-16,18-20H2,2-6H3,(H,45,47)(H,53,54);1-6H2/t29-,30+,31-,32?,33-,35-,38+,49?;23-,24+,25-,26?,27-,29-,32+,43?;/m11./s1. The summed E-state index contributed by atoms with van der Waals surface area (Å²) in [6.07, 6.45) is 2.66. The molecule has 4 unspecified atom stereocenters. The molecular weight excluding hydrogens is 1880 g/mol. The van der Waals surface area contributed by atoms with Gasteiger partial charge in [0.15, 0.2) is 28.1 Å². The van der Waals surface area contributed by atoms with E-state index in [0.717, 1.165) is 44.9 Å². The monoisotopic (exact) mass is 2000 g/mol. The zero-order valence-corrected chi connectivity index (χ0v) is 83.2. The van der Waals surface area contributed by atoms with Gasteiger partial charge in [-0.25, -0.2) is 19.9 Å². The lowest BCUT2D eigenvalue weighted by molar-refractivity contribution is -0.157. The lowest BCUT2D eigenvalue weighted by Gasteiger charge is -2.35. The Bertz CT molecular complexity index is 5460. The van der Waals surface area contributed by atoms with E-state index in [9.17, 15) is 74.6 Å². The Morgan fingerprint density at radius 2 is 0.957 bits per heavy atom. The Balaban J connectivity index is 0.000000200. The van der Waals surface area contributed by atoms with Crippen LogP contribution in [-0.2, 0) is 57.4 Å². The average molecular weight is 2000 g/mol. The number of fused-ring (bicyclic) bond motifs is 4. The van der Waals surface area contributed by atoms with Crippen LogP contribution in [0.3, 0.4) is 0 Å². The summed E-state index contributed by atoms with van der Waals surface area (Å²) < 4.78 is 117. The first kappa shape index (κ1) is 104. The van der Waals surface area contributed by atoms with Crippen LogP contribution in [0.2, 0.25) is 10.0 Å². The molecule has 752 valence electrons. The summed E-state index contributed by atoms with van der Waals surface area (Å²) in [5, 5.41) is 23.4. The van der Waals surface area contributed by atoms with Crippen LogP contribution in [0.5, 0.6) is 23.0 Å². The van der Waals surface area contributed by atoms with E-state index in [1.807, 2.05) is 84.9 Å². The number of alkyl halides is 6. The molecule has 2 amide bonds. The minimum atomic E-state index is -4.24. The van der Waals surface area contributed by atoms with Gasteiger partial charge in [0, 0.05) is 104 Å². The van der Waals surface area contributed by atoms with Gasteiger partial charge < -0.3 is 58.7 Å². The first-order chi connectivity index (χ1) is 65.2. The number of likely N-dealkylation sites (tertiary alicyclic amines) is 3. The summed E-state index contributed by atoms with van der Waals surface area (Å²) in [6, 6.07) is 8.61. The number of amides is 2. The van der Waals surface area contributed by atoms with Gasteiger partial charge in [0.25, 0.3) is 0 Å². The number of hydrogen-bond acceptors (Lipinski definition) is 27. The molecular formula is C100H127Cl2F6N11O17S2. The van der Waals surface area contributed by atoms with Crippen LogP contribution >= 0.6 is 45.9 Å². The fourth-order valence-electron chi connectivity index (χ4n) is 20.6. The third kappa shape index (κ3) is 25.8. The van der Waals surface area contributed by atoms with Crippen molar-refractivity contribution in [3.8, 4) is 45.8 Å². The number of thiazole rings is 2. The molecule has 3 N–H and O–H groups in total.